The molecule has 0 aliphatic carbocycles. The van der Waals surface area contributed by atoms with Crippen LogP contribution in [0, 0.1) is 0 Å². The summed E-state index contributed by atoms with van der Waals surface area (Å²) in [6.45, 7) is 2.80. The number of likely N-dealkylation sites (tertiary alicyclic amines) is 1. The second kappa shape index (κ2) is 7.06. The zero-order chi connectivity index (χ0) is 16.2. The fourth-order valence-electron chi connectivity index (χ4n) is 3.09. The Hall–Kier alpha value is -1.98. The quantitative estimate of drug-likeness (QED) is 0.851. The van der Waals surface area contributed by atoms with Crippen LogP contribution in [0.1, 0.15) is 41.0 Å². The van der Waals surface area contributed by atoms with Crippen molar-refractivity contribution in [1.29, 1.82) is 0 Å². The van der Waals surface area contributed by atoms with E-state index >= 15 is 0 Å². The highest BCUT2D eigenvalue weighted by Gasteiger charge is 2.28. The van der Waals surface area contributed by atoms with Gasteiger partial charge in [0.2, 0.25) is 5.91 Å². The van der Waals surface area contributed by atoms with Gasteiger partial charge in [-0.2, -0.15) is 0 Å². The van der Waals surface area contributed by atoms with Crippen molar-refractivity contribution in [2.75, 3.05) is 18.4 Å². The first-order valence-corrected chi connectivity index (χ1v) is 8.70. The highest BCUT2D eigenvalue weighted by molar-refractivity contribution is 7.10. The van der Waals surface area contributed by atoms with Gasteiger partial charge in [0.25, 0.3) is 0 Å². The lowest BCUT2D eigenvalue weighted by atomic mass is 10.1. The van der Waals surface area contributed by atoms with Crippen LogP contribution >= 0.6 is 11.3 Å². The molecule has 1 aromatic heterocycles. The van der Waals surface area contributed by atoms with Gasteiger partial charge in [-0.3, -0.25) is 14.5 Å². The van der Waals surface area contributed by atoms with E-state index in [0.29, 0.717) is 23.8 Å². The van der Waals surface area contributed by atoms with Crippen LogP contribution in [0.5, 0.6) is 0 Å². The monoisotopic (exact) mass is 328 g/mol. The van der Waals surface area contributed by atoms with Gasteiger partial charge in [0, 0.05) is 16.5 Å². The van der Waals surface area contributed by atoms with Crippen LogP contribution in [-0.4, -0.2) is 29.7 Å². The number of hydrogen-bond donors (Lipinski definition) is 1. The Bertz CT molecular complexity index is 697. The molecular formula is C18H20N2O2S. The van der Waals surface area contributed by atoms with Crippen molar-refractivity contribution in [3.8, 4) is 0 Å². The molecule has 1 aromatic carbocycles. The van der Waals surface area contributed by atoms with Crippen molar-refractivity contribution in [3.05, 3.63) is 52.2 Å². The molecule has 1 aliphatic heterocycles. The molecule has 1 fully saturated rings. The Kier molecular flexibility index (Phi) is 4.88. The maximum Gasteiger partial charge on any atom is 0.238 e. The van der Waals surface area contributed by atoms with Crippen molar-refractivity contribution >= 4 is 28.7 Å². The van der Waals surface area contributed by atoms with Gasteiger partial charge in [-0.15, -0.1) is 11.3 Å². The van der Waals surface area contributed by atoms with Crippen LogP contribution in [0.4, 0.5) is 5.69 Å². The minimum absolute atomic E-state index is 0.0430. The van der Waals surface area contributed by atoms with E-state index in [-0.39, 0.29) is 11.7 Å². The number of hydrogen-bond acceptors (Lipinski definition) is 4. The van der Waals surface area contributed by atoms with Gasteiger partial charge < -0.3 is 5.32 Å². The Morgan fingerprint density at radius 2 is 2.09 bits per heavy atom. The molecule has 0 radical (unpaired) electrons. The topological polar surface area (TPSA) is 49.4 Å². The summed E-state index contributed by atoms with van der Waals surface area (Å²) < 4.78 is 0. The summed E-state index contributed by atoms with van der Waals surface area (Å²) in [6.07, 6.45) is 2.21. The van der Waals surface area contributed by atoms with Gasteiger partial charge in [-0.25, -0.2) is 0 Å². The highest BCUT2D eigenvalue weighted by Crippen LogP contribution is 2.34. The maximum absolute atomic E-state index is 12.4. The van der Waals surface area contributed by atoms with Crippen LogP contribution in [0.15, 0.2) is 41.8 Å². The number of amides is 1. The first-order valence-electron chi connectivity index (χ1n) is 7.82. The summed E-state index contributed by atoms with van der Waals surface area (Å²) in [5, 5.41) is 4.96. The maximum atomic E-state index is 12.4. The summed E-state index contributed by atoms with van der Waals surface area (Å²) in [4.78, 5) is 27.6. The third kappa shape index (κ3) is 3.68. The predicted molar refractivity (Wildman–Crippen MR) is 92.9 cm³/mol. The normalized spacial score (nSPS) is 18.0. The molecule has 2 heterocycles. The minimum Gasteiger partial charge on any atom is -0.324 e. The Labute approximate surface area is 140 Å². The van der Waals surface area contributed by atoms with Crippen LogP contribution in [0.3, 0.4) is 0 Å². The SMILES string of the molecule is CC(=O)c1ccccc1NC(=O)CN1CCC[C@@H]1c1cccs1. The lowest BCUT2D eigenvalue weighted by molar-refractivity contribution is -0.117. The van der Waals surface area contributed by atoms with Gasteiger partial charge in [-0.05, 0) is 49.9 Å². The summed E-state index contributed by atoms with van der Waals surface area (Å²) in [6, 6.07) is 11.7. The average molecular weight is 328 g/mol. The van der Waals surface area contributed by atoms with E-state index < -0.39 is 0 Å². The van der Waals surface area contributed by atoms with Gasteiger partial charge in [0.05, 0.1) is 12.2 Å². The van der Waals surface area contributed by atoms with E-state index in [9.17, 15) is 9.59 Å². The molecule has 4 nitrogen and oxygen atoms in total. The number of rotatable bonds is 5. The fraction of sp³-hybridized carbons (Fsp3) is 0.333. The van der Waals surface area contributed by atoms with Crippen molar-refractivity contribution in [3.63, 3.8) is 0 Å². The third-order valence-corrected chi connectivity index (χ3v) is 5.14. The summed E-state index contributed by atoms with van der Waals surface area (Å²) in [7, 11) is 0. The molecule has 1 saturated heterocycles. The van der Waals surface area contributed by atoms with Gasteiger partial charge in [0.1, 0.15) is 0 Å². The summed E-state index contributed by atoms with van der Waals surface area (Å²) in [5.74, 6) is -0.110. The van der Waals surface area contributed by atoms with E-state index in [4.69, 9.17) is 0 Å². The third-order valence-electron chi connectivity index (χ3n) is 4.16. The number of benzene rings is 1. The molecule has 2 aromatic rings. The highest BCUT2D eigenvalue weighted by atomic mass is 32.1. The van der Waals surface area contributed by atoms with Crippen LogP contribution in [-0.2, 0) is 4.79 Å². The summed E-state index contributed by atoms with van der Waals surface area (Å²) >= 11 is 1.74. The van der Waals surface area contributed by atoms with Crippen LogP contribution < -0.4 is 5.32 Å². The number of nitrogens with zero attached hydrogens (tertiary/aromatic N) is 1. The number of Topliss-reactive ketones (excluding diaryl/α,β-unsaturated/α-hetero) is 1. The summed E-state index contributed by atoms with van der Waals surface area (Å²) in [5.41, 5.74) is 1.15. The molecule has 0 saturated carbocycles. The molecule has 3 rings (SSSR count). The molecule has 5 heteroatoms. The molecule has 1 amide bonds. The lowest BCUT2D eigenvalue weighted by Crippen LogP contribution is -2.33. The van der Waals surface area contributed by atoms with Crippen LogP contribution in [0.2, 0.25) is 0 Å². The first kappa shape index (κ1) is 15.9. The number of nitrogens with one attached hydrogen (secondary N) is 1. The Balaban J connectivity index is 1.67. The second-order valence-corrected chi connectivity index (χ2v) is 6.77. The van der Waals surface area contributed by atoms with Crippen molar-refractivity contribution in [2.24, 2.45) is 0 Å². The largest absolute Gasteiger partial charge is 0.324 e. The lowest BCUT2D eigenvalue weighted by Gasteiger charge is -2.23. The van der Waals surface area contributed by atoms with E-state index in [2.05, 4.69) is 27.7 Å². The predicted octanol–water partition coefficient (Wildman–Crippen LogP) is 3.73. The zero-order valence-corrected chi connectivity index (χ0v) is 13.9. The smallest absolute Gasteiger partial charge is 0.238 e. The van der Waals surface area contributed by atoms with E-state index in [1.807, 2.05) is 6.07 Å². The number of thiophene rings is 1. The van der Waals surface area contributed by atoms with Crippen molar-refractivity contribution in [2.45, 2.75) is 25.8 Å². The number of carbonyl (C=O) groups is 2. The average Bonchev–Trinajstić information content (AvgIpc) is 3.18. The number of ketones is 1. The van der Waals surface area contributed by atoms with Crippen LogP contribution in [0.25, 0.3) is 0 Å². The molecule has 0 bridgehead atoms. The molecule has 0 spiro atoms. The Morgan fingerprint density at radius 1 is 1.26 bits per heavy atom. The molecular weight excluding hydrogens is 308 g/mol. The van der Waals surface area contributed by atoms with Gasteiger partial charge >= 0.3 is 0 Å². The molecule has 120 valence electrons. The second-order valence-electron chi connectivity index (χ2n) is 5.79. The molecule has 1 atom stereocenters. The number of carbonyl (C=O) groups excluding carboxylic acids is 2. The molecule has 1 aliphatic rings. The van der Waals surface area contributed by atoms with E-state index in [1.165, 1.54) is 11.8 Å². The molecule has 23 heavy (non-hydrogen) atoms. The Morgan fingerprint density at radius 3 is 2.83 bits per heavy atom. The molecule has 1 N–H and O–H groups in total. The standard InChI is InChI=1S/C18H20N2O2S/c1-13(21)14-6-2-3-7-15(14)19-18(22)12-20-10-4-8-16(20)17-9-5-11-23-17/h2-3,5-7,9,11,16H,4,8,10,12H2,1H3,(H,19,22)/t16-/m1/s1. The minimum atomic E-state index is -0.0674. The van der Waals surface area contributed by atoms with E-state index in [0.717, 1.165) is 19.4 Å². The molecule has 0 unspecified atom stereocenters. The zero-order valence-electron chi connectivity index (χ0n) is 13.1. The van der Waals surface area contributed by atoms with E-state index in [1.54, 1.807) is 29.5 Å². The number of anilines is 1. The first-order chi connectivity index (χ1) is 11.1. The fourth-order valence-corrected chi connectivity index (χ4v) is 3.99. The van der Waals surface area contributed by atoms with Crippen molar-refractivity contribution < 1.29 is 9.59 Å². The van der Waals surface area contributed by atoms with Gasteiger partial charge in [-0.1, -0.05) is 18.2 Å². The van der Waals surface area contributed by atoms with Crippen molar-refractivity contribution in [1.82, 2.24) is 4.90 Å². The number of para-hydroxylation sites is 1. The van der Waals surface area contributed by atoms with Gasteiger partial charge in [0.15, 0.2) is 5.78 Å².